The number of nitrogens with two attached hydrogens (primary N) is 1. The summed E-state index contributed by atoms with van der Waals surface area (Å²) in [5, 5.41) is 0. The van der Waals surface area contributed by atoms with Crippen molar-refractivity contribution >= 4 is 0 Å². The fourth-order valence-electron chi connectivity index (χ4n) is 3.50. The number of hydrogen-bond acceptors (Lipinski definition) is 2. The molecule has 1 fully saturated rings. The van der Waals surface area contributed by atoms with Crippen LogP contribution in [-0.2, 0) is 0 Å². The summed E-state index contributed by atoms with van der Waals surface area (Å²) in [6.07, 6.45) is 6.52. The Morgan fingerprint density at radius 2 is 1.81 bits per heavy atom. The van der Waals surface area contributed by atoms with Crippen LogP contribution in [0.4, 0.5) is 0 Å². The SMILES string of the molecule is CCCCN(C)C1(CN)CC(C)CC(C)C1. The van der Waals surface area contributed by atoms with Crippen LogP contribution in [0.5, 0.6) is 0 Å². The van der Waals surface area contributed by atoms with Gasteiger partial charge in [0, 0.05) is 12.1 Å². The smallest absolute Gasteiger partial charge is 0.0333 e. The monoisotopic (exact) mass is 226 g/mol. The van der Waals surface area contributed by atoms with Gasteiger partial charge in [0.15, 0.2) is 0 Å². The maximum Gasteiger partial charge on any atom is 0.0333 e. The van der Waals surface area contributed by atoms with Gasteiger partial charge in [-0.2, -0.15) is 0 Å². The number of nitrogens with zero attached hydrogens (tertiary/aromatic N) is 1. The Balaban J connectivity index is 2.67. The Labute approximate surface area is 102 Å². The Bertz CT molecular complexity index is 193. The van der Waals surface area contributed by atoms with Gasteiger partial charge in [0.1, 0.15) is 0 Å². The zero-order valence-corrected chi connectivity index (χ0v) is 11.6. The quantitative estimate of drug-likeness (QED) is 0.781. The van der Waals surface area contributed by atoms with Gasteiger partial charge in [0.2, 0.25) is 0 Å². The topological polar surface area (TPSA) is 29.3 Å². The number of rotatable bonds is 5. The molecule has 0 spiro atoms. The number of likely N-dealkylation sites (N-methyl/N-ethyl adjacent to an activating group) is 1. The van der Waals surface area contributed by atoms with E-state index in [0.29, 0.717) is 0 Å². The molecule has 0 amide bonds. The third-order valence-corrected chi connectivity index (χ3v) is 4.30. The molecule has 0 saturated heterocycles. The molecule has 2 N–H and O–H groups in total. The minimum Gasteiger partial charge on any atom is -0.329 e. The van der Waals surface area contributed by atoms with Crippen molar-refractivity contribution in [1.82, 2.24) is 4.90 Å². The van der Waals surface area contributed by atoms with Crippen LogP contribution < -0.4 is 5.73 Å². The molecule has 2 nitrogen and oxygen atoms in total. The van der Waals surface area contributed by atoms with Crippen LogP contribution in [0.25, 0.3) is 0 Å². The highest BCUT2D eigenvalue weighted by Gasteiger charge is 2.39. The lowest BCUT2D eigenvalue weighted by atomic mass is 9.71. The minimum atomic E-state index is 0.284. The lowest BCUT2D eigenvalue weighted by Crippen LogP contribution is -2.56. The molecule has 1 rings (SSSR count). The molecule has 0 radical (unpaired) electrons. The molecule has 2 heteroatoms. The van der Waals surface area contributed by atoms with Crippen molar-refractivity contribution in [2.24, 2.45) is 17.6 Å². The van der Waals surface area contributed by atoms with Crippen LogP contribution >= 0.6 is 0 Å². The Morgan fingerprint density at radius 1 is 1.25 bits per heavy atom. The summed E-state index contributed by atoms with van der Waals surface area (Å²) in [5.41, 5.74) is 6.38. The summed E-state index contributed by atoms with van der Waals surface area (Å²) < 4.78 is 0. The summed E-state index contributed by atoms with van der Waals surface area (Å²) in [6.45, 7) is 9.05. The van der Waals surface area contributed by atoms with Gasteiger partial charge in [-0.25, -0.2) is 0 Å². The van der Waals surface area contributed by atoms with E-state index in [9.17, 15) is 0 Å². The van der Waals surface area contributed by atoms with Gasteiger partial charge in [-0.1, -0.05) is 27.2 Å². The highest BCUT2D eigenvalue weighted by atomic mass is 15.2. The third-order valence-electron chi connectivity index (χ3n) is 4.30. The molecular weight excluding hydrogens is 196 g/mol. The van der Waals surface area contributed by atoms with Gasteiger partial charge in [-0.15, -0.1) is 0 Å². The highest BCUT2D eigenvalue weighted by molar-refractivity contribution is 4.96. The van der Waals surface area contributed by atoms with E-state index in [-0.39, 0.29) is 5.54 Å². The maximum absolute atomic E-state index is 6.09. The maximum atomic E-state index is 6.09. The van der Waals surface area contributed by atoms with Gasteiger partial charge >= 0.3 is 0 Å². The Hall–Kier alpha value is -0.0800. The largest absolute Gasteiger partial charge is 0.329 e. The molecule has 96 valence electrons. The van der Waals surface area contributed by atoms with E-state index in [0.717, 1.165) is 18.4 Å². The molecule has 0 aliphatic heterocycles. The first-order valence-electron chi connectivity index (χ1n) is 6.95. The first-order chi connectivity index (χ1) is 7.54. The summed E-state index contributed by atoms with van der Waals surface area (Å²) in [6, 6.07) is 0. The van der Waals surface area contributed by atoms with E-state index in [4.69, 9.17) is 5.73 Å². The van der Waals surface area contributed by atoms with E-state index < -0.39 is 0 Å². The highest BCUT2D eigenvalue weighted by Crippen LogP contribution is 2.38. The molecule has 0 heterocycles. The molecule has 2 unspecified atom stereocenters. The van der Waals surface area contributed by atoms with E-state index >= 15 is 0 Å². The molecule has 16 heavy (non-hydrogen) atoms. The molecule has 0 aromatic carbocycles. The molecule has 0 aromatic rings. The number of unbranched alkanes of at least 4 members (excludes halogenated alkanes) is 1. The van der Waals surface area contributed by atoms with Crippen molar-refractivity contribution in [2.45, 2.75) is 58.4 Å². The molecule has 2 atom stereocenters. The summed E-state index contributed by atoms with van der Waals surface area (Å²) in [7, 11) is 2.27. The molecule has 0 aromatic heterocycles. The predicted molar refractivity (Wildman–Crippen MR) is 71.5 cm³/mol. The lowest BCUT2D eigenvalue weighted by Gasteiger charge is -2.48. The number of hydrogen-bond donors (Lipinski definition) is 1. The predicted octanol–water partition coefficient (Wildman–Crippen LogP) is 2.87. The van der Waals surface area contributed by atoms with Crippen LogP contribution in [-0.4, -0.2) is 30.6 Å². The van der Waals surface area contributed by atoms with Gasteiger partial charge in [-0.05, 0) is 51.1 Å². The lowest BCUT2D eigenvalue weighted by molar-refractivity contribution is 0.0380. The Kier molecular flexibility index (Phi) is 5.26. The van der Waals surface area contributed by atoms with Crippen molar-refractivity contribution in [2.75, 3.05) is 20.1 Å². The average molecular weight is 226 g/mol. The van der Waals surface area contributed by atoms with Gasteiger partial charge in [0.05, 0.1) is 0 Å². The van der Waals surface area contributed by atoms with E-state index in [2.05, 4.69) is 32.7 Å². The Morgan fingerprint density at radius 3 is 2.25 bits per heavy atom. The summed E-state index contributed by atoms with van der Waals surface area (Å²) >= 11 is 0. The second kappa shape index (κ2) is 6.02. The van der Waals surface area contributed by atoms with Crippen molar-refractivity contribution in [3.05, 3.63) is 0 Å². The van der Waals surface area contributed by atoms with Crippen LogP contribution in [0.3, 0.4) is 0 Å². The van der Waals surface area contributed by atoms with Crippen molar-refractivity contribution in [3.8, 4) is 0 Å². The second-order valence-corrected chi connectivity index (χ2v) is 6.06. The first kappa shape index (κ1) is 14.0. The standard InChI is InChI=1S/C14H30N2/c1-5-6-7-16(4)14(11-15)9-12(2)8-13(3)10-14/h12-13H,5-11,15H2,1-4H3. The van der Waals surface area contributed by atoms with Crippen molar-refractivity contribution in [3.63, 3.8) is 0 Å². The van der Waals surface area contributed by atoms with Crippen LogP contribution in [0.1, 0.15) is 52.9 Å². The normalized spacial score (nSPS) is 35.6. The second-order valence-electron chi connectivity index (χ2n) is 6.06. The summed E-state index contributed by atoms with van der Waals surface area (Å²) in [5.74, 6) is 1.66. The van der Waals surface area contributed by atoms with Gasteiger partial charge < -0.3 is 5.73 Å². The summed E-state index contributed by atoms with van der Waals surface area (Å²) in [4.78, 5) is 2.54. The molecular formula is C14H30N2. The molecule has 1 aliphatic carbocycles. The minimum absolute atomic E-state index is 0.284. The molecule has 0 bridgehead atoms. The van der Waals surface area contributed by atoms with Crippen molar-refractivity contribution < 1.29 is 0 Å². The van der Waals surface area contributed by atoms with Gasteiger partial charge in [0.25, 0.3) is 0 Å². The van der Waals surface area contributed by atoms with Crippen molar-refractivity contribution in [1.29, 1.82) is 0 Å². The van der Waals surface area contributed by atoms with Crippen LogP contribution in [0.2, 0.25) is 0 Å². The van der Waals surface area contributed by atoms with Crippen LogP contribution in [0, 0.1) is 11.8 Å². The average Bonchev–Trinajstić information content (AvgIpc) is 2.24. The van der Waals surface area contributed by atoms with Gasteiger partial charge in [-0.3, -0.25) is 4.90 Å². The zero-order valence-electron chi connectivity index (χ0n) is 11.6. The first-order valence-corrected chi connectivity index (χ1v) is 6.95. The molecule has 1 saturated carbocycles. The fourth-order valence-corrected chi connectivity index (χ4v) is 3.50. The van der Waals surface area contributed by atoms with E-state index in [1.54, 1.807) is 0 Å². The van der Waals surface area contributed by atoms with E-state index in [1.165, 1.54) is 38.6 Å². The van der Waals surface area contributed by atoms with Crippen LogP contribution in [0.15, 0.2) is 0 Å². The molecule has 1 aliphatic rings. The van der Waals surface area contributed by atoms with E-state index in [1.807, 2.05) is 0 Å². The third kappa shape index (κ3) is 3.21. The zero-order chi connectivity index (χ0) is 12.2. The fraction of sp³-hybridized carbons (Fsp3) is 1.00.